The molecule has 2 heterocycles. The van der Waals surface area contributed by atoms with E-state index in [4.69, 9.17) is 0 Å². The lowest BCUT2D eigenvalue weighted by molar-refractivity contribution is 0.835. The third kappa shape index (κ3) is 3.51. The summed E-state index contributed by atoms with van der Waals surface area (Å²) < 4.78 is 3.34. The van der Waals surface area contributed by atoms with Crippen LogP contribution in [0.5, 0.6) is 0 Å². The molecule has 0 saturated carbocycles. The molecule has 0 atom stereocenters. The Morgan fingerprint density at radius 1 is 1.13 bits per heavy atom. The normalized spacial score (nSPS) is 11.3. The van der Waals surface area contributed by atoms with E-state index in [0.29, 0.717) is 11.4 Å². The van der Waals surface area contributed by atoms with Gasteiger partial charge in [-0.3, -0.25) is 9.89 Å². The molecule has 0 amide bonds. The summed E-state index contributed by atoms with van der Waals surface area (Å²) in [7, 11) is 0. The zero-order valence-electron chi connectivity index (χ0n) is 12.1. The fourth-order valence-electron chi connectivity index (χ4n) is 2.06. The van der Waals surface area contributed by atoms with Crippen molar-refractivity contribution < 1.29 is 0 Å². The Hall–Kier alpha value is -1.99. The number of aromatic nitrogens is 3. The number of nitrogens with zero attached hydrogens (tertiary/aromatic N) is 3. The lowest BCUT2D eigenvalue weighted by Gasteiger charge is -2.00. The van der Waals surface area contributed by atoms with E-state index in [2.05, 4.69) is 46.9 Å². The van der Waals surface area contributed by atoms with Crippen LogP contribution in [-0.4, -0.2) is 21.0 Å². The summed E-state index contributed by atoms with van der Waals surface area (Å²) in [4.78, 5) is 21.0. The van der Waals surface area contributed by atoms with Crippen LogP contribution in [-0.2, 0) is 0 Å². The number of aromatic amines is 1. The summed E-state index contributed by atoms with van der Waals surface area (Å²) in [6.45, 7) is 1.84. The van der Waals surface area contributed by atoms with E-state index in [9.17, 15) is 4.79 Å². The zero-order chi connectivity index (χ0) is 16.4. The van der Waals surface area contributed by atoms with Crippen LogP contribution in [0.1, 0.15) is 11.3 Å². The number of benzene rings is 1. The Kier molecular flexibility index (Phi) is 4.58. The molecule has 0 aliphatic rings. The molecule has 1 aromatic carbocycles. The van der Waals surface area contributed by atoms with Crippen molar-refractivity contribution in [3.63, 3.8) is 0 Å². The number of hydrogen-bond donors (Lipinski definition) is 1. The monoisotopic (exact) mass is 434 g/mol. The van der Waals surface area contributed by atoms with Crippen LogP contribution in [0.4, 0.5) is 5.82 Å². The predicted octanol–water partition coefficient (Wildman–Crippen LogP) is 4.14. The third-order valence-electron chi connectivity index (χ3n) is 3.24. The number of halogens is 2. The van der Waals surface area contributed by atoms with Gasteiger partial charge in [0.05, 0.1) is 11.3 Å². The van der Waals surface area contributed by atoms with Gasteiger partial charge in [-0.15, -0.1) is 0 Å². The van der Waals surface area contributed by atoms with Crippen molar-refractivity contribution >= 4 is 43.9 Å². The standard InChI is InChI=1S/C16H12Br2N4O/c1-10-14(9-20-15-7-4-12(18)8-19-15)16(23)22(21-10)13-5-2-11(17)3-6-13/h2-9,21H,1H3. The van der Waals surface area contributed by atoms with E-state index in [1.165, 1.54) is 4.68 Å². The van der Waals surface area contributed by atoms with Crippen molar-refractivity contribution in [2.75, 3.05) is 0 Å². The van der Waals surface area contributed by atoms with Crippen molar-refractivity contribution in [2.45, 2.75) is 6.92 Å². The molecular weight excluding hydrogens is 424 g/mol. The van der Waals surface area contributed by atoms with Crippen molar-refractivity contribution in [2.24, 2.45) is 4.99 Å². The molecule has 0 fully saturated rings. The third-order valence-corrected chi connectivity index (χ3v) is 4.24. The van der Waals surface area contributed by atoms with Crippen molar-refractivity contribution in [1.29, 1.82) is 0 Å². The molecule has 0 radical (unpaired) electrons. The van der Waals surface area contributed by atoms with Gasteiger partial charge in [-0.05, 0) is 59.3 Å². The van der Waals surface area contributed by atoms with E-state index in [-0.39, 0.29) is 5.56 Å². The number of pyridine rings is 1. The number of rotatable bonds is 3. The highest BCUT2D eigenvalue weighted by Crippen LogP contribution is 2.14. The summed E-state index contributed by atoms with van der Waals surface area (Å²) in [6, 6.07) is 11.1. The minimum Gasteiger partial charge on any atom is -0.295 e. The average molecular weight is 436 g/mol. The van der Waals surface area contributed by atoms with Gasteiger partial charge >= 0.3 is 0 Å². The first-order valence-electron chi connectivity index (χ1n) is 6.78. The van der Waals surface area contributed by atoms with Crippen LogP contribution in [0, 0.1) is 6.92 Å². The summed E-state index contributed by atoms with van der Waals surface area (Å²) in [5, 5.41) is 3.06. The van der Waals surface area contributed by atoms with Crippen LogP contribution >= 0.6 is 31.9 Å². The van der Waals surface area contributed by atoms with Crippen molar-refractivity contribution in [3.8, 4) is 5.69 Å². The van der Waals surface area contributed by atoms with Gasteiger partial charge in [0.15, 0.2) is 5.82 Å². The first-order chi connectivity index (χ1) is 11.0. The van der Waals surface area contributed by atoms with Gasteiger partial charge in [0.2, 0.25) is 0 Å². The lowest BCUT2D eigenvalue weighted by atomic mass is 10.3. The molecule has 2 aromatic heterocycles. The predicted molar refractivity (Wildman–Crippen MR) is 98.0 cm³/mol. The van der Waals surface area contributed by atoms with Crippen molar-refractivity contribution in [3.05, 3.63) is 73.2 Å². The highest BCUT2D eigenvalue weighted by Gasteiger charge is 2.10. The maximum absolute atomic E-state index is 12.6. The largest absolute Gasteiger partial charge is 0.295 e. The number of hydrogen-bond acceptors (Lipinski definition) is 3. The highest BCUT2D eigenvalue weighted by atomic mass is 79.9. The second-order valence-corrected chi connectivity index (χ2v) is 6.69. The van der Waals surface area contributed by atoms with E-state index in [0.717, 1.165) is 20.3 Å². The highest BCUT2D eigenvalue weighted by molar-refractivity contribution is 9.10. The van der Waals surface area contributed by atoms with Gasteiger partial charge in [0, 0.05) is 27.1 Å². The Morgan fingerprint density at radius 2 is 1.83 bits per heavy atom. The van der Waals surface area contributed by atoms with Crippen molar-refractivity contribution in [1.82, 2.24) is 14.8 Å². The smallest absolute Gasteiger partial charge is 0.280 e. The topological polar surface area (TPSA) is 63.0 Å². The molecule has 1 N–H and O–H groups in total. The van der Waals surface area contributed by atoms with Crippen LogP contribution in [0.3, 0.4) is 0 Å². The maximum Gasteiger partial charge on any atom is 0.280 e. The molecule has 5 nitrogen and oxygen atoms in total. The molecule has 0 unspecified atom stereocenters. The number of nitrogens with one attached hydrogen (secondary N) is 1. The van der Waals surface area contributed by atoms with E-state index >= 15 is 0 Å². The fourth-order valence-corrected chi connectivity index (χ4v) is 2.56. The van der Waals surface area contributed by atoms with Gasteiger partial charge in [-0.2, -0.15) is 0 Å². The number of aliphatic imine (C=N–C) groups is 1. The Balaban J connectivity index is 1.96. The molecular formula is C16H12Br2N4O. The summed E-state index contributed by atoms with van der Waals surface area (Å²) in [5.74, 6) is 0.545. The van der Waals surface area contributed by atoms with Gasteiger partial charge in [0.25, 0.3) is 5.56 Å². The second kappa shape index (κ2) is 6.64. The Labute approximate surface area is 149 Å². The van der Waals surface area contributed by atoms with E-state index in [1.807, 2.05) is 37.3 Å². The van der Waals surface area contributed by atoms with Crippen LogP contribution in [0.15, 0.2) is 61.3 Å². The Bertz CT molecular complexity index is 909. The van der Waals surface area contributed by atoms with E-state index in [1.54, 1.807) is 18.5 Å². The molecule has 0 spiro atoms. The molecule has 0 aliphatic carbocycles. The number of H-pyrrole nitrogens is 1. The lowest BCUT2D eigenvalue weighted by Crippen LogP contribution is -2.17. The molecule has 116 valence electrons. The average Bonchev–Trinajstić information content (AvgIpc) is 2.82. The first kappa shape index (κ1) is 15.9. The molecule has 0 bridgehead atoms. The number of aryl methyl sites for hydroxylation is 1. The quantitative estimate of drug-likeness (QED) is 0.628. The van der Waals surface area contributed by atoms with E-state index < -0.39 is 0 Å². The summed E-state index contributed by atoms with van der Waals surface area (Å²) in [6.07, 6.45) is 3.20. The van der Waals surface area contributed by atoms with Gasteiger partial charge in [0.1, 0.15) is 0 Å². The first-order valence-corrected chi connectivity index (χ1v) is 8.36. The summed E-state index contributed by atoms with van der Waals surface area (Å²) >= 11 is 6.71. The molecule has 23 heavy (non-hydrogen) atoms. The minimum absolute atomic E-state index is 0.148. The molecule has 3 rings (SSSR count). The van der Waals surface area contributed by atoms with Gasteiger partial charge in [-0.1, -0.05) is 15.9 Å². The second-order valence-electron chi connectivity index (χ2n) is 4.86. The fraction of sp³-hybridized carbons (Fsp3) is 0.0625. The molecule has 0 aliphatic heterocycles. The Morgan fingerprint density at radius 3 is 2.48 bits per heavy atom. The van der Waals surface area contributed by atoms with Gasteiger partial charge in [-0.25, -0.2) is 14.7 Å². The van der Waals surface area contributed by atoms with Gasteiger partial charge < -0.3 is 0 Å². The zero-order valence-corrected chi connectivity index (χ0v) is 15.3. The molecule has 0 saturated heterocycles. The maximum atomic E-state index is 12.6. The summed E-state index contributed by atoms with van der Waals surface area (Å²) in [5.41, 5.74) is 1.88. The minimum atomic E-state index is -0.148. The van der Waals surface area contributed by atoms with Crippen LogP contribution in [0.25, 0.3) is 5.69 Å². The van der Waals surface area contributed by atoms with Crippen LogP contribution in [0.2, 0.25) is 0 Å². The molecule has 7 heteroatoms. The SMILES string of the molecule is Cc1[nH]n(-c2ccc(Br)cc2)c(=O)c1C=Nc1ccc(Br)cn1. The van der Waals surface area contributed by atoms with Crippen LogP contribution < -0.4 is 5.56 Å². The molecule has 3 aromatic rings.